The Labute approximate surface area is 119 Å². The number of rotatable bonds is 6. The monoisotopic (exact) mass is 377 g/mol. The predicted molar refractivity (Wildman–Crippen MR) is 46.8 cm³/mol. The van der Waals surface area contributed by atoms with Crippen LogP contribution in [0.1, 0.15) is 6.42 Å². The molecule has 1 atom stereocenters. The molecule has 0 aliphatic heterocycles. The van der Waals surface area contributed by atoms with E-state index in [-0.39, 0.29) is 0 Å². The standard InChI is InChI=1S/C9H6F13O/c1-3(23)2-4(10,11)5(12,13)6(14,15)7(16,17)8(18,19)9(20,21)22/h3,23H,1-2H2. The molecule has 0 amide bonds. The Hall–Kier alpha value is -0.950. The first-order valence-corrected chi connectivity index (χ1v) is 5.14. The van der Waals surface area contributed by atoms with E-state index in [1.165, 1.54) is 0 Å². The molecule has 0 spiro atoms. The van der Waals surface area contributed by atoms with Gasteiger partial charge in [0.1, 0.15) is 0 Å². The van der Waals surface area contributed by atoms with Crippen molar-refractivity contribution in [3.63, 3.8) is 0 Å². The van der Waals surface area contributed by atoms with Crippen molar-refractivity contribution in [2.45, 2.75) is 48.3 Å². The molecular weight excluding hydrogens is 371 g/mol. The first-order chi connectivity index (χ1) is 9.67. The van der Waals surface area contributed by atoms with Crippen LogP contribution in [0, 0.1) is 6.92 Å². The average Bonchev–Trinajstić information content (AvgIpc) is 2.24. The topological polar surface area (TPSA) is 20.2 Å². The Kier molecular flexibility index (Phi) is 5.32. The molecule has 0 aromatic rings. The molecule has 0 bridgehead atoms. The average molecular weight is 377 g/mol. The van der Waals surface area contributed by atoms with Gasteiger partial charge in [0, 0.05) is 6.42 Å². The lowest BCUT2D eigenvalue weighted by atomic mass is 9.92. The highest BCUT2D eigenvalue weighted by atomic mass is 19.4. The van der Waals surface area contributed by atoms with Crippen molar-refractivity contribution < 1.29 is 62.2 Å². The van der Waals surface area contributed by atoms with Crippen molar-refractivity contribution in [2.75, 3.05) is 0 Å². The lowest BCUT2D eigenvalue weighted by Gasteiger charge is -2.40. The molecule has 0 rings (SSSR count). The van der Waals surface area contributed by atoms with E-state index in [4.69, 9.17) is 5.11 Å². The van der Waals surface area contributed by atoms with E-state index < -0.39 is 48.3 Å². The summed E-state index contributed by atoms with van der Waals surface area (Å²) in [5.41, 5.74) is 0. The summed E-state index contributed by atoms with van der Waals surface area (Å²) in [4.78, 5) is 0. The summed E-state index contributed by atoms with van der Waals surface area (Å²) in [7, 11) is 0. The SMILES string of the molecule is [CH2]C(O)CC(F)(F)C(F)(F)C(F)(F)C(F)(F)C(F)(F)C(F)(F)F. The van der Waals surface area contributed by atoms with Gasteiger partial charge in [0.15, 0.2) is 0 Å². The Bertz CT molecular complexity index is 422. The fraction of sp³-hybridized carbons (Fsp3) is 0.889. The van der Waals surface area contributed by atoms with Gasteiger partial charge in [-0.05, 0) is 6.92 Å². The second-order valence-corrected chi connectivity index (χ2v) is 4.36. The summed E-state index contributed by atoms with van der Waals surface area (Å²) < 4.78 is 163. The molecule has 0 saturated carbocycles. The van der Waals surface area contributed by atoms with Crippen LogP contribution in [0.2, 0.25) is 0 Å². The maximum Gasteiger partial charge on any atom is 0.460 e. The minimum Gasteiger partial charge on any atom is -0.393 e. The molecule has 1 N–H and O–H groups in total. The maximum atomic E-state index is 12.9. The van der Waals surface area contributed by atoms with Gasteiger partial charge in [-0.25, -0.2) is 0 Å². The van der Waals surface area contributed by atoms with Crippen molar-refractivity contribution in [1.82, 2.24) is 0 Å². The summed E-state index contributed by atoms with van der Waals surface area (Å²) in [5.74, 6) is -37.1. The summed E-state index contributed by atoms with van der Waals surface area (Å²) >= 11 is 0. The van der Waals surface area contributed by atoms with Gasteiger partial charge >= 0.3 is 35.8 Å². The normalized spacial score (nSPS) is 17.3. The molecule has 1 nitrogen and oxygen atoms in total. The van der Waals surface area contributed by atoms with Crippen molar-refractivity contribution in [3.05, 3.63) is 6.92 Å². The third-order valence-corrected chi connectivity index (χ3v) is 2.49. The minimum absolute atomic E-state index is 2.25. The molecular formula is C9H6F13O. The van der Waals surface area contributed by atoms with E-state index in [0.717, 1.165) is 0 Å². The molecule has 0 aromatic heterocycles. The number of aliphatic hydroxyl groups excluding tert-OH is 1. The highest BCUT2D eigenvalue weighted by Gasteiger charge is 2.90. The molecule has 1 radical (unpaired) electrons. The zero-order chi connectivity index (χ0) is 19.3. The van der Waals surface area contributed by atoms with Crippen molar-refractivity contribution in [1.29, 1.82) is 0 Å². The van der Waals surface area contributed by atoms with Gasteiger partial charge in [-0.3, -0.25) is 0 Å². The molecule has 0 aliphatic carbocycles. The van der Waals surface area contributed by atoms with Gasteiger partial charge < -0.3 is 5.11 Å². The molecule has 14 heteroatoms. The Morgan fingerprint density at radius 1 is 0.609 bits per heavy atom. The van der Waals surface area contributed by atoms with Crippen LogP contribution in [-0.2, 0) is 0 Å². The summed E-state index contributed by atoms with van der Waals surface area (Å²) in [6.07, 6.45) is -12.9. The second kappa shape index (κ2) is 5.55. The summed E-state index contributed by atoms with van der Waals surface area (Å²) in [5, 5.41) is 8.32. The van der Waals surface area contributed by atoms with E-state index in [9.17, 15) is 57.1 Å². The van der Waals surface area contributed by atoms with E-state index in [1.54, 1.807) is 0 Å². The lowest BCUT2D eigenvalue weighted by Crippen LogP contribution is -2.70. The van der Waals surface area contributed by atoms with Gasteiger partial charge in [0.25, 0.3) is 0 Å². The van der Waals surface area contributed by atoms with Crippen LogP contribution in [0.5, 0.6) is 0 Å². The van der Waals surface area contributed by atoms with Gasteiger partial charge in [-0.15, -0.1) is 0 Å². The zero-order valence-corrected chi connectivity index (χ0v) is 10.4. The van der Waals surface area contributed by atoms with Crippen molar-refractivity contribution in [3.8, 4) is 0 Å². The number of hydrogen-bond acceptors (Lipinski definition) is 1. The Morgan fingerprint density at radius 3 is 1.17 bits per heavy atom. The first kappa shape index (κ1) is 22.1. The van der Waals surface area contributed by atoms with Crippen LogP contribution in [0.25, 0.3) is 0 Å². The van der Waals surface area contributed by atoms with E-state index >= 15 is 0 Å². The van der Waals surface area contributed by atoms with Crippen LogP contribution in [0.4, 0.5) is 57.1 Å². The molecule has 1 unspecified atom stereocenters. The molecule has 0 heterocycles. The van der Waals surface area contributed by atoms with E-state index in [2.05, 4.69) is 6.92 Å². The first-order valence-electron chi connectivity index (χ1n) is 5.14. The Morgan fingerprint density at radius 2 is 0.913 bits per heavy atom. The van der Waals surface area contributed by atoms with Crippen LogP contribution in [0.15, 0.2) is 0 Å². The number of alkyl halides is 13. The molecule has 0 saturated heterocycles. The summed E-state index contributed by atoms with van der Waals surface area (Å²) in [6.45, 7) is 2.25. The van der Waals surface area contributed by atoms with Crippen molar-refractivity contribution >= 4 is 0 Å². The number of halogens is 13. The predicted octanol–water partition coefficient (Wildman–Crippen LogP) is 4.31. The van der Waals surface area contributed by atoms with Gasteiger partial charge in [0.2, 0.25) is 0 Å². The maximum absolute atomic E-state index is 12.9. The van der Waals surface area contributed by atoms with E-state index in [0.29, 0.717) is 0 Å². The molecule has 0 fully saturated rings. The van der Waals surface area contributed by atoms with Crippen LogP contribution in [-0.4, -0.2) is 47.0 Å². The van der Waals surface area contributed by atoms with Crippen LogP contribution in [0.3, 0.4) is 0 Å². The molecule has 139 valence electrons. The van der Waals surface area contributed by atoms with Gasteiger partial charge in [-0.2, -0.15) is 57.1 Å². The number of hydrogen-bond donors (Lipinski definition) is 1. The quantitative estimate of drug-likeness (QED) is 0.684. The third-order valence-electron chi connectivity index (χ3n) is 2.49. The molecule has 23 heavy (non-hydrogen) atoms. The van der Waals surface area contributed by atoms with Gasteiger partial charge in [0.05, 0.1) is 6.10 Å². The van der Waals surface area contributed by atoms with Crippen LogP contribution < -0.4 is 0 Å². The highest BCUT2D eigenvalue weighted by Crippen LogP contribution is 2.60. The van der Waals surface area contributed by atoms with Crippen molar-refractivity contribution in [2.24, 2.45) is 0 Å². The Balaban J connectivity index is 6.14. The fourth-order valence-electron chi connectivity index (χ4n) is 1.23. The van der Waals surface area contributed by atoms with Gasteiger partial charge in [-0.1, -0.05) is 0 Å². The minimum atomic E-state index is -7.92. The smallest absolute Gasteiger partial charge is 0.393 e. The highest BCUT2D eigenvalue weighted by molar-refractivity contribution is 5.10. The number of aliphatic hydroxyl groups is 1. The lowest BCUT2D eigenvalue weighted by molar-refractivity contribution is -0.440. The van der Waals surface area contributed by atoms with E-state index in [1.807, 2.05) is 0 Å². The zero-order valence-electron chi connectivity index (χ0n) is 10.4. The molecule has 0 aliphatic rings. The van der Waals surface area contributed by atoms with Crippen LogP contribution >= 0.6 is 0 Å². The fourth-order valence-corrected chi connectivity index (χ4v) is 1.23. The third kappa shape index (κ3) is 3.18. The summed E-state index contributed by atoms with van der Waals surface area (Å²) in [6, 6.07) is 0. The molecule has 0 aromatic carbocycles. The largest absolute Gasteiger partial charge is 0.460 e. The second-order valence-electron chi connectivity index (χ2n) is 4.36.